The molecule has 1 atom stereocenters. The summed E-state index contributed by atoms with van der Waals surface area (Å²) >= 11 is 0. The van der Waals surface area contributed by atoms with Crippen molar-refractivity contribution in [3.8, 4) is 16.9 Å². The molecule has 0 bridgehead atoms. The molecule has 0 radical (unpaired) electrons. The molecule has 0 fully saturated rings. The molecular formula is C29H32FN3O4. The molecule has 7 nitrogen and oxygen atoms in total. The predicted octanol–water partition coefficient (Wildman–Crippen LogP) is 6.17. The quantitative estimate of drug-likeness (QED) is 0.328. The summed E-state index contributed by atoms with van der Waals surface area (Å²) in [5.41, 5.74) is 2.51. The number of amides is 1. The largest absolute Gasteiger partial charge is 0.493 e. The number of aryl methyl sites for hydroxylation is 1. The smallest absolute Gasteiger partial charge is 0.410 e. The molecule has 1 amide bonds. The second-order valence-corrected chi connectivity index (χ2v) is 10.3. The first kappa shape index (κ1) is 26.1. The van der Waals surface area contributed by atoms with Gasteiger partial charge >= 0.3 is 6.09 Å². The topological polar surface area (TPSA) is 84.5 Å². The van der Waals surface area contributed by atoms with Crippen molar-refractivity contribution in [3.63, 3.8) is 0 Å². The highest BCUT2D eigenvalue weighted by molar-refractivity contribution is 6.13. The van der Waals surface area contributed by atoms with Crippen LogP contribution in [0.2, 0.25) is 0 Å². The van der Waals surface area contributed by atoms with E-state index in [1.54, 1.807) is 37.2 Å². The van der Waals surface area contributed by atoms with Gasteiger partial charge in [0.1, 0.15) is 5.60 Å². The Hall–Kier alpha value is -3.94. The second kappa shape index (κ2) is 9.84. The van der Waals surface area contributed by atoms with Crippen molar-refractivity contribution in [2.45, 2.75) is 46.1 Å². The Kier molecular flexibility index (Phi) is 6.95. The van der Waals surface area contributed by atoms with Crippen LogP contribution in [-0.4, -0.2) is 47.3 Å². The zero-order valence-corrected chi connectivity index (χ0v) is 22.2. The lowest BCUT2D eigenvalue weighted by molar-refractivity contribution is 0.0291. The minimum atomic E-state index is -0.565. The molecular weight excluding hydrogens is 473 g/mol. The number of ether oxygens (including phenoxy) is 2. The number of carbonyl (C=O) groups is 1. The van der Waals surface area contributed by atoms with Crippen LogP contribution in [-0.2, 0) is 4.74 Å². The van der Waals surface area contributed by atoms with E-state index >= 15 is 4.39 Å². The van der Waals surface area contributed by atoms with E-state index in [0.717, 1.165) is 11.1 Å². The molecule has 2 aromatic carbocycles. The van der Waals surface area contributed by atoms with E-state index in [9.17, 15) is 9.59 Å². The first-order chi connectivity index (χ1) is 17.4. The zero-order chi connectivity index (χ0) is 27.1. The zero-order valence-electron chi connectivity index (χ0n) is 22.2. The van der Waals surface area contributed by atoms with Crippen LogP contribution in [0.15, 0.2) is 47.4 Å². The molecule has 0 spiro atoms. The maximum Gasteiger partial charge on any atom is 0.410 e. The molecule has 194 valence electrons. The fourth-order valence-corrected chi connectivity index (χ4v) is 4.55. The minimum absolute atomic E-state index is 0.0267. The second-order valence-electron chi connectivity index (χ2n) is 10.3. The Morgan fingerprint density at radius 3 is 2.49 bits per heavy atom. The van der Waals surface area contributed by atoms with Crippen molar-refractivity contribution in [2.24, 2.45) is 0 Å². The van der Waals surface area contributed by atoms with E-state index in [2.05, 4.69) is 9.97 Å². The van der Waals surface area contributed by atoms with Gasteiger partial charge in [0, 0.05) is 36.3 Å². The van der Waals surface area contributed by atoms with E-state index in [0.29, 0.717) is 33.9 Å². The number of halogens is 1. The standard InChI is InChI=1S/C29H32FN3O4/c1-16(15-33(6)28(35)37-29(3,4)5)18-10-12-19(13-11-18)21-22-24(17(2)23(30)26(21)36-7)32-27(34)20-9-8-14-31-25(20)22/h8-14,16H,15H2,1-7H3,(H,32,34). The third-order valence-electron chi connectivity index (χ3n) is 6.38. The normalized spacial score (nSPS) is 12.5. The molecule has 0 aliphatic carbocycles. The predicted molar refractivity (Wildman–Crippen MR) is 144 cm³/mol. The first-order valence-electron chi connectivity index (χ1n) is 12.1. The van der Waals surface area contributed by atoms with Crippen LogP contribution in [0.3, 0.4) is 0 Å². The molecule has 1 N–H and O–H groups in total. The number of nitrogens with one attached hydrogen (secondary N) is 1. The molecule has 4 aromatic rings. The number of fused-ring (bicyclic) bond motifs is 3. The maximum atomic E-state index is 15.4. The van der Waals surface area contributed by atoms with E-state index in [1.165, 1.54) is 7.11 Å². The number of aromatic nitrogens is 2. The van der Waals surface area contributed by atoms with Gasteiger partial charge in [-0.3, -0.25) is 9.78 Å². The van der Waals surface area contributed by atoms with Gasteiger partial charge in [-0.25, -0.2) is 9.18 Å². The molecule has 2 heterocycles. The van der Waals surface area contributed by atoms with Gasteiger partial charge in [0.25, 0.3) is 5.56 Å². The van der Waals surface area contributed by atoms with Crippen molar-refractivity contribution in [1.29, 1.82) is 0 Å². The van der Waals surface area contributed by atoms with Crippen LogP contribution in [0.1, 0.15) is 44.7 Å². The van der Waals surface area contributed by atoms with Crippen LogP contribution in [0, 0.1) is 12.7 Å². The molecule has 37 heavy (non-hydrogen) atoms. The van der Waals surface area contributed by atoms with E-state index < -0.39 is 11.4 Å². The average Bonchev–Trinajstić information content (AvgIpc) is 2.85. The summed E-state index contributed by atoms with van der Waals surface area (Å²) in [5.74, 6) is -0.416. The number of methoxy groups -OCH3 is 1. The Bertz CT molecular complexity index is 1540. The molecule has 8 heteroatoms. The van der Waals surface area contributed by atoms with Gasteiger partial charge in [-0.05, 0) is 56.9 Å². The van der Waals surface area contributed by atoms with Gasteiger partial charge < -0.3 is 19.4 Å². The summed E-state index contributed by atoms with van der Waals surface area (Å²) in [4.78, 5) is 34.0. The van der Waals surface area contributed by atoms with Crippen LogP contribution >= 0.6 is 0 Å². The Labute approximate surface area is 215 Å². The Morgan fingerprint density at radius 2 is 1.86 bits per heavy atom. The number of carbonyl (C=O) groups excluding carboxylic acids is 1. The number of rotatable bonds is 5. The number of H-pyrrole nitrogens is 1. The lowest BCUT2D eigenvalue weighted by atomic mass is 9.92. The number of nitrogens with zero attached hydrogens (tertiary/aromatic N) is 2. The molecule has 2 aromatic heterocycles. The number of likely N-dealkylation sites (N-methyl/N-ethyl adjacent to an activating group) is 1. The van der Waals surface area contributed by atoms with Gasteiger partial charge in [0.15, 0.2) is 11.6 Å². The highest BCUT2D eigenvalue weighted by Gasteiger charge is 2.24. The summed E-state index contributed by atoms with van der Waals surface area (Å²) in [5, 5.41) is 1.04. The molecule has 0 saturated carbocycles. The number of hydrogen-bond acceptors (Lipinski definition) is 5. The highest BCUT2D eigenvalue weighted by atomic mass is 19.1. The lowest BCUT2D eigenvalue weighted by Crippen LogP contribution is -2.36. The summed E-state index contributed by atoms with van der Waals surface area (Å²) in [6.45, 7) is 9.61. The van der Waals surface area contributed by atoms with Crippen LogP contribution in [0.25, 0.3) is 32.9 Å². The Balaban J connectivity index is 1.79. The fourth-order valence-electron chi connectivity index (χ4n) is 4.55. The number of aromatic amines is 1. The summed E-state index contributed by atoms with van der Waals surface area (Å²) < 4.78 is 26.4. The van der Waals surface area contributed by atoms with Gasteiger partial charge in [-0.15, -0.1) is 0 Å². The lowest BCUT2D eigenvalue weighted by Gasteiger charge is -2.26. The summed E-state index contributed by atoms with van der Waals surface area (Å²) in [6.07, 6.45) is 1.23. The van der Waals surface area contributed by atoms with Crippen LogP contribution in [0.4, 0.5) is 9.18 Å². The fraction of sp³-hybridized carbons (Fsp3) is 0.345. The van der Waals surface area contributed by atoms with E-state index in [-0.39, 0.29) is 28.9 Å². The van der Waals surface area contributed by atoms with Gasteiger partial charge in [0.2, 0.25) is 0 Å². The molecule has 1 unspecified atom stereocenters. The van der Waals surface area contributed by atoms with Crippen LogP contribution in [0.5, 0.6) is 5.75 Å². The molecule has 0 saturated heterocycles. The third kappa shape index (κ3) is 5.01. The van der Waals surface area contributed by atoms with Crippen molar-refractivity contribution < 1.29 is 18.7 Å². The van der Waals surface area contributed by atoms with Gasteiger partial charge in [0.05, 0.1) is 23.5 Å². The van der Waals surface area contributed by atoms with Gasteiger partial charge in [-0.1, -0.05) is 31.2 Å². The maximum absolute atomic E-state index is 15.4. The highest BCUT2D eigenvalue weighted by Crippen LogP contribution is 2.42. The third-order valence-corrected chi connectivity index (χ3v) is 6.38. The summed E-state index contributed by atoms with van der Waals surface area (Å²) in [7, 11) is 3.14. The molecule has 0 aliphatic rings. The number of hydrogen-bond donors (Lipinski definition) is 1. The van der Waals surface area contributed by atoms with Crippen molar-refractivity contribution in [2.75, 3.05) is 20.7 Å². The number of pyridine rings is 2. The minimum Gasteiger partial charge on any atom is -0.493 e. The molecule has 0 aliphatic heterocycles. The summed E-state index contributed by atoms with van der Waals surface area (Å²) in [6, 6.07) is 11.1. The Morgan fingerprint density at radius 1 is 1.19 bits per heavy atom. The van der Waals surface area contributed by atoms with Crippen molar-refractivity contribution in [3.05, 3.63) is 69.9 Å². The average molecular weight is 506 g/mol. The molecule has 4 rings (SSSR count). The SMILES string of the molecule is COc1c(F)c(C)c2[nH]c(=O)c3cccnc3c2c1-c1ccc(C(C)CN(C)C(=O)OC(C)(C)C)cc1. The van der Waals surface area contributed by atoms with E-state index in [1.807, 2.05) is 52.0 Å². The van der Waals surface area contributed by atoms with Crippen molar-refractivity contribution in [1.82, 2.24) is 14.9 Å². The van der Waals surface area contributed by atoms with E-state index in [4.69, 9.17) is 9.47 Å². The van der Waals surface area contributed by atoms with Crippen LogP contribution < -0.4 is 10.3 Å². The van der Waals surface area contributed by atoms with Crippen molar-refractivity contribution >= 4 is 27.9 Å². The first-order valence-corrected chi connectivity index (χ1v) is 12.1. The number of benzene rings is 2. The monoisotopic (exact) mass is 505 g/mol. The van der Waals surface area contributed by atoms with Gasteiger partial charge in [-0.2, -0.15) is 0 Å².